The Kier molecular flexibility index (Phi) is 2.56. The Morgan fingerprint density at radius 3 is 3.00 bits per heavy atom. The Balaban J connectivity index is 2.86. The SMILES string of the molecule is Cc1cccnc1NS(=O)[O-]. The van der Waals surface area contributed by atoms with Crippen LogP contribution < -0.4 is 4.72 Å². The summed E-state index contributed by atoms with van der Waals surface area (Å²) in [5.74, 6) is 0.376. The van der Waals surface area contributed by atoms with Gasteiger partial charge in [-0.15, -0.1) is 0 Å². The number of hydrogen-bond donors (Lipinski definition) is 1. The lowest BCUT2D eigenvalue weighted by molar-refractivity contribution is 0.542. The van der Waals surface area contributed by atoms with E-state index in [1.54, 1.807) is 19.1 Å². The highest BCUT2D eigenvalue weighted by Crippen LogP contribution is 2.08. The minimum absolute atomic E-state index is 0.376. The van der Waals surface area contributed by atoms with Crippen molar-refractivity contribution >= 4 is 17.1 Å². The van der Waals surface area contributed by atoms with Crippen molar-refractivity contribution in [2.24, 2.45) is 0 Å². The molecular weight excluding hydrogens is 164 g/mol. The van der Waals surface area contributed by atoms with E-state index in [-0.39, 0.29) is 0 Å². The molecule has 0 bridgehead atoms. The molecule has 1 aromatic rings. The third-order valence-electron chi connectivity index (χ3n) is 1.19. The Hall–Kier alpha value is -0.940. The summed E-state index contributed by atoms with van der Waals surface area (Å²) in [6, 6.07) is 3.52. The number of rotatable bonds is 2. The summed E-state index contributed by atoms with van der Waals surface area (Å²) in [6.07, 6.45) is 1.53. The standard InChI is InChI=1S/C6H8N2O2S/c1-5-3-2-4-7-6(5)8-11(9)10/h2-4H,1H3,(H,7,8)(H,9,10)/p-1. The smallest absolute Gasteiger partial charge is 0.139 e. The first kappa shape index (κ1) is 8.16. The van der Waals surface area contributed by atoms with Crippen molar-refractivity contribution in [3.05, 3.63) is 23.9 Å². The first-order valence-electron chi connectivity index (χ1n) is 2.97. The molecule has 0 amide bonds. The van der Waals surface area contributed by atoms with Gasteiger partial charge in [-0.1, -0.05) is 6.07 Å². The number of hydrogen-bond acceptors (Lipinski definition) is 3. The second kappa shape index (κ2) is 3.45. The van der Waals surface area contributed by atoms with Crippen LogP contribution in [0.25, 0.3) is 0 Å². The zero-order valence-corrected chi connectivity index (χ0v) is 6.72. The summed E-state index contributed by atoms with van der Waals surface area (Å²) < 4.78 is 22.5. The largest absolute Gasteiger partial charge is 0.755 e. The van der Waals surface area contributed by atoms with Crippen LogP contribution in [0, 0.1) is 6.92 Å². The van der Waals surface area contributed by atoms with E-state index in [1.807, 2.05) is 0 Å². The fourth-order valence-electron chi connectivity index (χ4n) is 0.671. The van der Waals surface area contributed by atoms with E-state index in [2.05, 4.69) is 9.71 Å². The molecule has 1 heterocycles. The topological polar surface area (TPSA) is 65.0 Å². The lowest BCUT2D eigenvalue weighted by atomic mass is 10.3. The summed E-state index contributed by atoms with van der Waals surface area (Å²) in [5.41, 5.74) is 0.803. The van der Waals surface area contributed by atoms with Crippen LogP contribution in [0.1, 0.15) is 5.56 Å². The van der Waals surface area contributed by atoms with Crippen LogP contribution >= 0.6 is 0 Å². The molecule has 4 nitrogen and oxygen atoms in total. The molecule has 0 aliphatic carbocycles. The van der Waals surface area contributed by atoms with E-state index in [0.29, 0.717) is 5.82 Å². The molecule has 60 valence electrons. The normalized spacial score (nSPS) is 12.5. The van der Waals surface area contributed by atoms with Crippen molar-refractivity contribution in [3.8, 4) is 0 Å². The summed E-state index contributed by atoms with van der Waals surface area (Å²) in [6.45, 7) is 1.78. The molecule has 1 aromatic heterocycles. The molecular formula is C6H7N2O2S-. The van der Waals surface area contributed by atoms with E-state index >= 15 is 0 Å². The Morgan fingerprint density at radius 2 is 2.45 bits per heavy atom. The van der Waals surface area contributed by atoms with Crippen molar-refractivity contribution < 1.29 is 8.76 Å². The average Bonchev–Trinajstić information content (AvgIpc) is 1.93. The molecule has 0 aromatic carbocycles. The van der Waals surface area contributed by atoms with Crippen LogP contribution in [0.5, 0.6) is 0 Å². The average molecular weight is 171 g/mol. The minimum Gasteiger partial charge on any atom is -0.755 e. The monoisotopic (exact) mass is 171 g/mol. The van der Waals surface area contributed by atoms with Crippen molar-refractivity contribution in [3.63, 3.8) is 0 Å². The molecule has 1 N–H and O–H groups in total. The lowest BCUT2D eigenvalue weighted by Gasteiger charge is -2.08. The van der Waals surface area contributed by atoms with Gasteiger partial charge in [-0.05, 0) is 18.6 Å². The highest BCUT2D eigenvalue weighted by molar-refractivity contribution is 7.80. The first-order valence-corrected chi connectivity index (χ1v) is 4.05. The summed E-state index contributed by atoms with van der Waals surface area (Å²) in [5, 5.41) is 0. The number of aromatic nitrogens is 1. The molecule has 11 heavy (non-hydrogen) atoms. The fourth-order valence-corrected chi connectivity index (χ4v) is 1.04. The molecule has 0 saturated heterocycles. The van der Waals surface area contributed by atoms with Crippen LogP contribution in [-0.2, 0) is 11.3 Å². The molecule has 1 unspecified atom stereocenters. The maximum atomic E-state index is 10.2. The molecule has 0 spiro atoms. The predicted molar refractivity (Wildman–Crippen MR) is 41.5 cm³/mol. The van der Waals surface area contributed by atoms with E-state index in [4.69, 9.17) is 0 Å². The van der Waals surface area contributed by atoms with Gasteiger partial charge in [0.25, 0.3) is 0 Å². The molecule has 5 heteroatoms. The van der Waals surface area contributed by atoms with Crippen molar-refractivity contribution in [1.82, 2.24) is 4.98 Å². The minimum atomic E-state index is -2.29. The molecule has 0 radical (unpaired) electrons. The van der Waals surface area contributed by atoms with Crippen molar-refractivity contribution in [2.75, 3.05) is 4.72 Å². The number of nitrogens with one attached hydrogen (secondary N) is 1. The van der Waals surface area contributed by atoms with E-state index in [1.165, 1.54) is 6.20 Å². The van der Waals surface area contributed by atoms with Gasteiger partial charge in [0.05, 0.1) is 0 Å². The Morgan fingerprint density at radius 1 is 1.73 bits per heavy atom. The number of anilines is 1. The molecule has 0 saturated carbocycles. The third kappa shape index (κ3) is 2.28. The van der Waals surface area contributed by atoms with Crippen LogP contribution in [0.15, 0.2) is 18.3 Å². The highest BCUT2D eigenvalue weighted by Gasteiger charge is 1.94. The van der Waals surface area contributed by atoms with Gasteiger partial charge >= 0.3 is 0 Å². The predicted octanol–water partition coefficient (Wildman–Crippen LogP) is 0.596. The van der Waals surface area contributed by atoms with Gasteiger partial charge in [-0.25, -0.2) is 4.98 Å². The van der Waals surface area contributed by atoms with Gasteiger partial charge in [-0.3, -0.25) is 4.21 Å². The van der Waals surface area contributed by atoms with Crippen LogP contribution in [0.3, 0.4) is 0 Å². The van der Waals surface area contributed by atoms with Gasteiger partial charge < -0.3 is 9.27 Å². The van der Waals surface area contributed by atoms with Gasteiger partial charge in [0.1, 0.15) is 5.82 Å². The molecule has 1 atom stereocenters. The Labute approximate surface area is 67.1 Å². The van der Waals surface area contributed by atoms with E-state index in [9.17, 15) is 8.76 Å². The zero-order chi connectivity index (χ0) is 8.27. The van der Waals surface area contributed by atoms with Crippen molar-refractivity contribution in [1.29, 1.82) is 0 Å². The molecule has 0 aliphatic rings. The van der Waals surface area contributed by atoms with Crippen LogP contribution in [0.4, 0.5) is 5.82 Å². The molecule has 0 aliphatic heterocycles. The number of nitrogens with zero attached hydrogens (tertiary/aromatic N) is 1. The van der Waals surface area contributed by atoms with Gasteiger partial charge in [-0.2, -0.15) is 0 Å². The highest BCUT2D eigenvalue weighted by atomic mass is 32.2. The maximum Gasteiger partial charge on any atom is 0.139 e. The quantitative estimate of drug-likeness (QED) is 0.662. The first-order chi connectivity index (χ1) is 5.20. The van der Waals surface area contributed by atoms with Gasteiger partial charge in [0.15, 0.2) is 0 Å². The summed E-state index contributed by atoms with van der Waals surface area (Å²) >= 11 is -2.29. The van der Waals surface area contributed by atoms with Crippen molar-refractivity contribution in [2.45, 2.75) is 6.92 Å². The number of aryl methyl sites for hydroxylation is 1. The zero-order valence-electron chi connectivity index (χ0n) is 5.90. The van der Waals surface area contributed by atoms with E-state index < -0.39 is 11.3 Å². The van der Waals surface area contributed by atoms with Gasteiger partial charge in [0.2, 0.25) is 0 Å². The maximum absolute atomic E-state index is 10.2. The molecule has 1 rings (SSSR count). The fraction of sp³-hybridized carbons (Fsp3) is 0.167. The summed E-state index contributed by atoms with van der Waals surface area (Å²) in [4.78, 5) is 3.81. The van der Waals surface area contributed by atoms with E-state index in [0.717, 1.165) is 5.56 Å². The second-order valence-electron chi connectivity index (χ2n) is 2.01. The lowest BCUT2D eigenvalue weighted by Crippen LogP contribution is -2.05. The summed E-state index contributed by atoms with van der Waals surface area (Å²) in [7, 11) is 0. The number of pyridine rings is 1. The molecule has 0 fully saturated rings. The van der Waals surface area contributed by atoms with Crippen LogP contribution in [-0.4, -0.2) is 13.7 Å². The van der Waals surface area contributed by atoms with Gasteiger partial charge in [0, 0.05) is 17.5 Å². The third-order valence-corrected chi connectivity index (χ3v) is 1.55. The second-order valence-corrected chi connectivity index (χ2v) is 2.68. The Bertz CT molecular complexity index is 277. The van der Waals surface area contributed by atoms with Crippen LogP contribution in [0.2, 0.25) is 0 Å².